The minimum Gasteiger partial charge on any atom is -0.348 e. The van der Waals surface area contributed by atoms with Crippen molar-refractivity contribution in [1.29, 1.82) is 0 Å². The summed E-state index contributed by atoms with van der Waals surface area (Å²) in [4.78, 5) is 38.2. The Hall–Kier alpha value is -3.54. The molecule has 1 saturated heterocycles. The van der Waals surface area contributed by atoms with E-state index < -0.39 is 5.41 Å². The highest BCUT2D eigenvalue weighted by Crippen LogP contribution is 2.37. The second-order valence-corrected chi connectivity index (χ2v) is 8.66. The van der Waals surface area contributed by atoms with Crippen molar-refractivity contribution in [2.45, 2.75) is 19.3 Å². The van der Waals surface area contributed by atoms with Crippen LogP contribution < -0.4 is 0 Å². The molecule has 1 fully saturated rings. The molecule has 3 heterocycles. The fourth-order valence-corrected chi connectivity index (χ4v) is 4.64. The number of aromatic nitrogens is 2. The Labute approximate surface area is 188 Å². The van der Waals surface area contributed by atoms with Crippen molar-refractivity contribution in [1.82, 2.24) is 19.8 Å². The zero-order chi connectivity index (χ0) is 22.6. The first kappa shape index (κ1) is 21.7. The van der Waals surface area contributed by atoms with Crippen LogP contribution in [0.15, 0.2) is 73.3 Å². The summed E-state index contributed by atoms with van der Waals surface area (Å²) in [7, 11) is 3.58. The molecule has 0 N–H and O–H groups in total. The molecule has 2 amide bonds. The molecule has 2 aromatic heterocycles. The molecule has 0 saturated carbocycles. The van der Waals surface area contributed by atoms with E-state index in [2.05, 4.69) is 28.2 Å². The van der Waals surface area contributed by atoms with E-state index in [1.165, 1.54) is 0 Å². The normalized spacial score (nSPS) is 18.2. The summed E-state index contributed by atoms with van der Waals surface area (Å²) < 4.78 is 0. The second kappa shape index (κ2) is 9.30. The van der Waals surface area contributed by atoms with Crippen molar-refractivity contribution in [2.75, 3.05) is 27.2 Å². The minimum absolute atomic E-state index is 0.0653. The van der Waals surface area contributed by atoms with Crippen molar-refractivity contribution >= 4 is 11.8 Å². The number of hydrogen-bond acceptors (Lipinski definition) is 4. The van der Waals surface area contributed by atoms with Crippen molar-refractivity contribution in [3.63, 3.8) is 0 Å². The number of rotatable bonds is 5. The molecule has 0 spiro atoms. The van der Waals surface area contributed by atoms with E-state index in [-0.39, 0.29) is 11.8 Å². The number of amides is 2. The first-order valence-corrected chi connectivity index (χ1v) is 10.9. The molecular formula is C26H28N4O2. The molecule has 0 bridgehead atoms. The summed E-state index contributed by atoms with van der Waals surface area (Å²) in [5, 5.41) is 0. The lowest BCUT2D eigenvalue weighted by molar-refractivity contribution is -0.142. The van der Waals surface area contributed by atoms with Crippen LogP contribution in [0.2, 0.25) is 0 Å². The van der Waals surface area contributed by atoms with Crippen LogP contribution in [0, 0.1) is 5.41 Å². The minimum atomic E-state index is -0.656. The number of carbonyl (C=O) groups is 2. The van der Waals surface area contributed by atoms with Crippen LogP contribution in [-0.4, -0.2) is 58.8 Å². The summed E-state index contributed by atoms with van der Waals surface area (Å²) in [6.45, 7) is 1.05. The van der Waals surface area contributed by atoms with Gasteiger partial charge in [0, 0.05) is 52.0 Å². The highest BCUT2D eigenvalue weighted by molar-refractivity contribution is 5.94. The molecule has 1 aliphatic heterocycles. The summed E-state index contributed by atoms with van der Waals surface area (Å²) >= 11 is 0. The Morgan fingerprint density at radius 1 is 1.00 bits per heavy atom. The largest absolute Gasteiger partial charge is 0.348 e. The van der Waals surface area contributed by atoms with Gasteiger partial charge in [0.2, 0.25) is 5.91 Å². The molecule has 1 atom stereocenters. The molecule has 4 rings (SSSR count). The molecule has 0 aliphatic carbocycles. The second-order valence-electron chi connectivity index (χ2n) is 8.66. The third kappa shape index (κ3) is 4.54. The fourth-order valence-electron chi connectivity index (χ4n) is 4.64. The lowest BCUT2D eigenvalue weighted by Crippen LogP contribution is -2.54. The fraction of sp³-hybridized carbons (Fsp3) is 0.308. The Morgan fingerprint density at radius 3 is 2.53 bits per heavy atom. The SMILES string of the molecule is CN(C)C(=O)C1(Cc2cccc(-c3ccncc3)c2)CCCN(C(=O)c2cccnc2)C1. The maximum Gasteiger partial charge on any atom is 0.255 e. The third-order valence-electron chi connectivity index (χ3n) is 6.12. The van der Waals surface area contributed by atoms with Gasteiger partial charge in [-0.2, -0.15) is 0 Å². The Kier molecular flexibility index (Phi) is 6.30. The average molecular weight is 429 g/mol. The van der Waals surface area contributed by atoms with E-state index in [9.17, 15) is 9.59 Å². The van der Waals surface area contributed by atoms with Gasteiger partial charge in [-0.15, -0.1) is 0 Å². The first-order chi connectivity index (χ1) is 15.5. The van der Waals surface area contributed by atoms with E-state index in [1.807, 2.05) is 23.1 Å². The highest BCUT2D eigenvalue weighted by atomic mass is 16.2. The number of piperidine rings is 1. The predicted molar refractivity (Wildman–Crippen MR) is 124 cm³/mol. The van der Waals surface area contributed by atoms with Gasteiger partial charge >= 0.3 is 0 Å². The van der Waals surface area contributed by atoms with E-state index >= 15 is 0 Å². The molecule has 1 aliphatic rings. The standard InChI is InChI=1S/C26H28N4O2/c1-29(2)25(32)26(11-5-15-30(19-26)24(31)23-8-4-12-28-18-23)17-20-6-3-7-22(16-20)21-9-13-27-14-10-21/h3-4,6-10,12-14,16,18H,5,11,15,17,19H2,1-2H3. The van der Waals surface area contributed by atoms with Gasteiger partial charge in [0.05, 0.1) is 11.0 Å². The Balaban J connectivity index is 1.64. The average Bonchev–Trinajstić information content (AvgIpc) is 2.84. The van der Waals surface area contributed by atoms with Crippen LogP contribution in [0.4, 0.5) is 0 Å². The van der Waals surface area contributed by atoms with E-state index in [1.54, 1.807) is 55.9 Å². The van der Waals surface area contributed by atoms with Gasteiger partial charge in [-0.3, -0.25) is 19.6 Å². The van der Waals surface area contributed by atoms with Crippen molar-refractivity contribution in [3.05, 3.63) is 84.4 Å². The number of pyridine rings is 2. The summed E-state index contributed by atoms with van der Waals surface area (Å²) in [6, 6.07) is 15.8. The lowest BCUT2D eigenvalue weighted by atomic mass is 9.73. The van der Waals surface area contributed by atoms with Gasteiger partial charge in [-0.05, 0) is 60.2 Å². The number of likely N-dealkylation sites (tertiary alicyclic amines) is 1. The smallest absolute Gasteiger partial charge is 0.255 e. The molecule has 0 radical (unpaired) electrons. The van der Waals surface area contributed by atoms with E-state index in [4.69, 9.17) is 0 Å². The van der Waals surface area contributed by atoms with Gasteiger partial charge in [-0.25, -0.2) is 0 Å². The molecule has 164 valence electrons. The Bertz CT molecular complexity index is 1090. The first-order valence-electron chi connectivity index (χ1n) is 10.9. The zero-order valence-electron chi connectivity index (χ0n) is 18.6. The predicted octanol–water partition coefficient (Wildman–Crippen LogP) is 3.70. The molecule has 3 aromatic rings. The number of benzene rings is 1. The van der Waals surface area contributed by atoms with Crippen LogP contribution in [-0.2, 0) is 11.2 Å². The summed E-state index contributed by atoms with van der Waals surface area (Å²) in [6.07, 6.45) is 8.92. The van der Waals surface area contributed by atoms with Crippen LogP contribution >= 0.6 is 0 Å². The van der Waals surface area contributed by atoms with Crippen LogP contribution in [0.5, 0.6) is 0 Å². The molecule has 32 heavy (non-hydrogen) atoms. The summed E-state index contributed by atoms with van der Waals surface area (Å²) in [5.41, 5.74) is 3.17. The zero-order valence-corrected chi connectivity index (χ0v) is 18.6. The van der Waals surface area contributed by atoms with Crippen LogP contribution in [0.3, 0.4) is 0 Å². The quantitative estimate of drug-likeness (QED) is 0.622. The lowest BCUT2D eigenvalue weighted by Gasteiger charge is -2.43. The highest BCUT2D eigenvalue weighted by Gasteiger charge is 2.44. The third-order valence-corrected chi connectivity index (χ3v) is 6.12. The number of carbonyl (C=O) groups excluding carboxylic acids is 2. The summed E-state index contributed by atoms with van der Waals surface area (Å²) in [5.74, 6) is -0.00484. The molecule has 6 nitrogen and oxygen atoms in total. The maximum absolute atomic E-state index is 13.5. The van der Waals surface area contributed by atoms with E-state index in [0.717, 1.165) is 29.5 Å². The van der Waals surface area contributed by atoms with Crippen molar-refractivity contribution in [3.8, 4) is 11.1 Å². The molecule has 1 aromatic carbocycles. The number of nitrogens with zero attached hydrogens (tertiary/aromatic N) is 4. The molecular weight excluding hydrogens is 400 g/mol. The van der Waals surface area contributed by atoms with Gasteiger partial charge in [0.1, 0.15) is 0 Å². The van der Waals surface area contributed by atoms with Crippen molar-refractivity contribution < 1.29 is 9.59 Å². The topological polar surface area (TPSA) is 66.4 Å². The molecule has 6 heteroatoms. The van der Waals surface area contributed by atoms with Crippen LogP contribution in [0.1, 0.15) is 28.8 Å². The Morgan fingerprint density at radius 2 is 1.81 bits per heavy atom. The maximum atomic E-state index is 13.5. The van der Waals surface area contributed by atoms with Crippen LogP contribution in [0.25, 0.3) is 11.1 Å². The van der Waals surface area contributed by atoms with Crippen molar-refractivity contribution in [2.24, 2.45) is 5.41 Å². The van der Waals surface area contributed by atoms with Gasteiger partial charge in [0.25, 0.3) is 5.91 Å². The van der Waals surface area contributed by atoms with Gasteiger partial charge in [-0.1, -0.05) is 24.3 Å². The monoisotopic (exact) mass is 428 g/mol. The van der Waals surface area contributed by atoms with Gasteiger partial charge < -0.3 is 9.80 Å². The molecule has 1 unspecified atom stereocenters. The van der Waals surface area contributed by atoms with Gasteiger partial charge in [0.15, 0.2) is 0 Å². The van der Waals surface area contributed by atoms with E-state index in [0.29, 0.717) is 25.1 Å². The number of hydrogen-bond donors (Lipinski definition) is 0.